The van der Waals surface area contributed by atoms with E-state index < -0.39 is 18.3 Å². The Balaban J connectivity index is 2.20. The second-order valence-corrected chi connectivity index (χ2v) is 4.65. The zero-order valence-corrected chi connectivity index (χ0v) is 12.7. The number of nitrogens with zero attached hydrogens (tertiary/aromatic N) is 1. The first-order valence-corrected chi connectivity index (χ1v) is 7.22. The van der Waals surface area contributed by atoms with E-state index in [0.717, 1.165) is 16.6 Å². The molecule has 1 atom stereocenters. The summed E-state index contributed by atoms with van der Waals surface area (Å²) < 4.78 is 10.7. The summed E-state index contributed by atoms with van der Waals surface area (Å²) in [5, 5.41) is 10.4. The quantitative estimate of drug-likeness (QED) is 0.579. The van der Waals surface area contributed by atoms with Gasteiger partial charge in [0.25, 0.3) is 0 Å². The molecule has 1 heterocycles. The Labute approximate surface area is 128 Å². The molecular weight excluding hydrogens is 284 g/mol. The standard InChI is InChI=1S/C16H20N2O4/c1-3-21-16(22-4-2)14(15(19)20)17-10-12-9-11-7-5-6-8-13(11)18-12/h5-10,14,16,18H,3-4H2,1-2H3,(H,19,20)/t14-/m1/s1. The number of H-pyrrole nitrogens is 1. The fourth-order valence-electron chi connectivity index (χ4n) is 2.14. The Morgan fingerprint density at radius 3 is 2.59 bits per heavy atom. The van der Waals surface area contributed by atoms with Gasteiger partial charge in [-0.1, -0.05) is 18.2 Å². The van der Waals surface area contributed by atoms with E-state index in [2.05, 4.69) is 9.98 Å². The van der Waals surface area contributed by atoms with E-state index in [9.17, 15) is 9.90 Å². The number of hydrogen-bond acceptors (Lipinski definition) is 4. The van der Waals surface area contributed by atoms with Crippen LogP contribution in [0.25, 0.3) is 10.9 Å². The number of nitrogens with one attached hydrogen (secondary N) is 1. The maximum Gasteiger partial charge on any atom is 0.333 e. The molecule has 0 aliphatic rings. The Hall–Kier alpha value is -2.18. The average Bonchev–Trinajstić information content (AvgIpc) is 2.90. The van der Waals surface area contributed by atoms with Crippen LogP contribution in [0.15, 0.2) is 35.3 Å². The summed E-state index contributed by atoms with van der Waals surface area (Å²) in [6.45, 7) is 4.28. The Kier molecular flexibility index (Phi) is 5.68. The van der Waals surface area contributed by atoms with Crippen molar-refractivity contribution in [2.24, 2.45) is 4.99 Å². The number of hydrogen-bond donors (Lipinski definition) is 2. The highest BCUT2D eigenvalue weighted by molar-refractivity contribution is 5.90. The minimum absolute atomic E-state index is 0.357. The molecule has 0 fully saturated rings. The molecule has 118 valence electrons. The predicted molar refractivity (Wildman–Crippen MR) is 84.4 cm³/mol. The second-order valence-electron chi connectivity index (χ2n) is 4.65. The Morgan fingerprint density at radius 1 is 1.32 bits per heavy atom. The normalized spacial score (nSPS) is 13.2. The first-order chi connectivity index (χ1) is 10.7. The highest BCUT2D eigenvalue weighted by atomic mass is 16.7. The van der Waals surface area contributed by atoms with E-state index in [1.807, 2.05) is 30.3 Å². The molecule has 0 unspecified atom stereocenters. The fourth-order valence-corrected chi connectivity index (χ4v) is 2.14. The van der Waals surface area contributed by atoms with Crippen LogP contribution in [-0.4, -0.2) is 47.8 Å². The zero-order valence-electron chi connectivity index (χ0n) is 12.7. The molecule has 6 heteroatoms. The number of fused-ring (bicyclic) bond motifs is 1. The lowest BCUT2D eigenvalue weighted by Crippen LogP contribution is -2.37. The number of carboxylic acids is 1. The van der Waals surface area contributed by atoms with Gasteiger partial charge in [-0.3, -0.25) is 4.99 Å². The molecule has 0 radical (unpaired) electrons. The van der Waals surface area contributed by atoms with Crippen LogP contribution in [0.2, 0.25) is 0 Å². The van der Waals surface area contributed by atoms with Crippen LogP contribution in [0.4, 0.5) is 0 Å². The van der Waals surface area contributed by atoms with Crippen LogP contribution in [-0.2, 0) is 14.3 Å². The van der Waals surface area contributed by atoms with Crippen LogP contribution < -0.4 is 0 Å². The Morgan fingerprint density at radius 2 is 2.00 bits per heavy atom. The molecule has 0 spiro atoms. The molecule has 22 heavy (non-hydrogen) atoms. The maximum absolute atomic E-state index is 11.4. The molecule has 0 aliphatic heterocycles. The number of aliphatic imine (C=N–C) groups is 1. The zero-order chi connectivity index (χ0) is 15.9. The lowest BCUT2D eigenvalue weighted by molar-refractivity contribution is -0.170. The predicted octanol–water partition coefficient (Wildman–Crippen LogP) is 2.44. The van der Waals surface area contributed by atoms with Gasteiger partial charge >= 0.3 is 5.97 Å². The molecule has 0 bridgehead atoms. The largest absolute Gasteiger partial charge is 0.480 e. The Bertz CT molecular complexity index is 611. The third kappa shape index (κ3) is 3.93. The second kappa shape index (κ2) is 7.72. The highest BCUT2D eigenvalue weighted by Crippen LogP contribution is 2.14. The van der Waals surface area contributed by atoms with Crippen molar-refractivity contribution < 1.29 is 19.4 Å². The molecule has 0 saturated heterocycles. The summed E-state index contributed by atoms with van der Waals surface area (Å²) in [6.07, 6.45) is 0.609. The van der Waals surface area contributed by atoms with E-state index in [1.54, 1.807) is 13.8 Å². The monoisotopic (exact) mass is 304 g/mol. The number of rotatable bonds is 8. The van der Waals surface area contributed by atoms with Gasteiger partial charge in [0.2, 0.25) is 0 Å². The SMILES string of the molecule is CCOC(OCC)[C@H](N=Cc1cc2ccccc2[nH]1)C(=O)O. The summed E-state index contributed by atoms with van der Waals surface area (Å²) in [4.78, 5) is 18.7. The third-order valence-corrected chi connectivity index (χ3v) is 3.10. The van der Waals surface area contributed by atoms with Gasteiger partial charge in [0, 0.05) is 30.3 Å². The van der Waals surface area contributed by atoms with Gasteiger partial charge < -0.3 is 19.6 Å². The first kappa shape index (κ1) is 16.2. The van der Waals surface area contributed by atoms with Crippen LogP contribution >= 0.6 is 0 Å². The minimum Gasteiger partial charge on any atom is -0.480 e. The number of ether oxygens (including phenoxy) is 2. The van der Waals surface area contributed by atoms with Gasteiger partial charge in [0.05, 0.1) is 5.69 Å². The number of para-hydroxylation sites is 1. The molecule has 1 aromatic heterocycles. The van der Waals surface area contributed by atoms with Gasteiger partial charge in [0.1, 0.15) is 0 Å². The van der Waals surface area contributed by atoms with Crippen molar-refractivity contribution in [3.05, 3.63) is 36.0 Å². The smallest absolute Gasteiger partial charge is 0.333 e. The van der Waals surface area contributed by atoms with Crippen LogP contribution in [0.3, 0.4) is 0 Å². The third-order valence-electron chi connectivity index (χ3n) is 3.10. The fraction of sp³-hybridized carbons (Fsp3) is 0.375. The molecule has 1 aromatic carbocycles. The van der Waals surface area contributed by atoms with Gasteiger partial charge in [-0.15, -0.1) is 0 Å². The van der Waals surface area contributed by atoms with E-state index in [1.165, 1.54) is 6.21 Å². The van der Waals surface area contributed by atoms with Crippen LogP contribution in [0.1, 0.15) is 19.5 Å². The van der Waals surface area contributed by atoms with E-state index >= 15 is 0 Å². The van der Waals surface area contributed by atoms with Gasteiger partial charge in [-0.2, -0.15) is 0 Å². The minimum atomic E-state index is -1.11. The first-order valence-electron chi connectivity index (χ1n) is 7.22. The van der Waals surface area contributed by atoms with Crippen molar-refractivity contribution >= 4 is 23.1 Å². The number of benzene rings is 1. The van der Waals surface area contributed by atoms with Crippen LogP contribution in [0, 0.1) is 0 Å². The molecule has 0 amide bonds. The molecule has 0 aliphatic carbocycles. The summed E-state index contributed by atoms with van der Waals surface area (Å²) in [5.74, 6) is -1.08. The summed E-state index contributed by atoms with van der Waals surface area (Å²) in [6, 6.07) is 8.60. The lowest BCUT2D eigenvalue weighted by atomic mass is 10.2. The molecule has 2 rings (SSSR count). The van der Waals surface area contributed by atoms with Crippen molar-refractivity contribution in [2.45, 2.75) is 26.2 Å². The maximum atomic E-state index is 11.4. The van der Waals surface area contributed by atoms with Crippen molar-refractivity contribution in [2.75, 3.05) is 13.2 Å². The number of carbonyl (C=O) groups is 1. The van der Waals surface area contributed by atoms with Crippen molar-refractivity contribution in [3.8, 4) is 0 Å². The molecule has 6 nitrogen and oxygen atoms in total. The molecule has 2 aromatic rings. The van der Waals surface area contributed by atoms with Gasteiger partial charge in [-0.05, 0) is 26.0 Å². The van der Waals surface area contributed by atoms with E-state index in [4.69, 9.17) is 9.47 Å². The van der Waals surface area contributed by atoms with Gasteiger partial charge in [0.15, 0.2) is 12.3 Å². The lowest BCUT2D eigenvalue weighted by Gasteiger charge is -2.20. The topological polar surface area (TPSA) is 83.9 Å². The molecular formula is C16H20N2O4. The van der Waals surface area contributed by atoms with Crippen molar-refractivity contribution in [1.29, 1.82) is 0 Å². The van der Waals surface area contributed by atoms with Gasteiger partial charge in [-0.25, -0.2) is 4.79 Å². The summed E-state index contributed by atoms with van der Waals surface area (Å²) in [5.41, 5.74) is 1.71. The van der Waals surface area contributed by atoms with Crippen LogP contribution in [0.5, 0.6) is 0 Å². The number of aromatic amines is 1. The highest BCUT2D eigenvalue weighted by Gasteiger charge is 2.28. The number of aliphatic carboxylic acids is 1. The summed E-state index contributed by atoms with van der Waals surface area (Å²) >= 11 is 0. The van der Waals surface area contributed by atoms with E-state index in [0.29, 0.717) is 13.2 Å². The molecule has 0 saturated carbocycles. The summed E-state index contributed by atoms with van der Waals surface area (Å²) in [7, 11) is 0. The van der Waals surface area contributed by atoms with Crippen molar-refractivity contribution in [1.82, 2.24) is 4.98 Å². The number of aromatic nitrogens is 1. The van der Waals surface area contributed by atoms with E-state index in [-0.39, 0.29) is 0 Å². The van der Waals surface area contributed by atoms with Crippen molar-refractivity contribution in [3.63, 3.8) is 0 Å². The molecule has 2 N–H and O–H groups in total. The average molecular weight is 304 g/mol. The number of carboxylic acid groups (broad SMARTS) is 1.